The summed E-state index contributed by atoms with van der Waals surface area (Å²) in [5.41, 5.74) is 4.89. The lowest BCUT2D eigenvalue weighted by Gasteiger charge is -2.18. The second-order valence-electron chi connectivity index (χ2n) is 5.21. The van der Waals surface area contributed by atoms with Gasteiger partial charge in [0.15, 0.2) is 0 Å². The Balaban J connectivity index is 5.38. The first kappa shape index (κ1) is 19.6. The van der Waals surface area contributed by atoms with Crippen LogP contribution < -0.4 is 5.32 Å². The lowest BCUT2D eigenvalue weighted by atomic mass is 9.99. The Morgan fingerprint density at radius 2 is 1.95 bits per heavy atom. The van der Waals surface area contributed by atoms with E-state index in [1.165, 1.54) is 16.7 Å². The number of allylic oxidation sites excluding steroid dienone is 6. The molecule has 0 aromatic heterocycles. The predicted octanol–water partition coefficient (Wildman–Crippen LogP) is 4.11. The summed E-state index contributed by atoms with van der Waals surface area (Å²) in [4.78, 5) is 2.31. The Bertz CT molecular complexity index is 436. The van der Waals surface area contributed by atoms with Crippen LogP contribution in [-0.4, -0.2) is 38.6 Å². The van der Waals surface area contributed by atoms with Gasteiger partial charge in [-0.25, -0.2) is 0 Å². The van der Waals surface area contributed by atoms with Crippen LogP contribution in [0.3, 0.4) is 0 Å². The molecular formula is C19H32N2. The van der Waals surface area contributed by atoms with Crippen molar-refractivity contribution in [2.75, 3.05) is 33.7 Å². The van der Waals surface area contributed by atoms with Crippen LogP contribution >= 0.6 is 0 Å². The lowest BCUT2D eigenvalue weighted by molar-refractivity contribution is 0.385. The van der Waals surface area contributed by atoms with Gasteiger partial charge < -0.3 is 10.2 Å². The van der Waals surface area contributed by atoms with Crippen molar-refractivity contribution in [3.05, 3.63) is 59.3 Å². The third-order valence-corrected chi connectivity index (χ3v) is 3.47. The fourth-order valence-electron chi connectivity index (χ4n) is 1.91. The molecule has 0 fully saturated rings. The molecule has 0 saturated heterocycles. The van der Waals surface area contributed by atoms with Crippen molar-refractivity contribution in [3.63, 3.8) is 0 Å². The van der Waals surface area contributed by atoms with E-state index >= 15 is 0 Å². The fraction of sp³-hybridized carbons (Fsp3) is 0.474. The number of rotatable bonds is 9. The zero-order valence-corrected chi connectivity index (χ0v) is 14.7. The summed E-state index contributed by atoms with van der Waals surface area (Å²) in [5.74, 6) is 0. The largest absolute Gasteiger partial charge is 0.316 e. The molecule has 0 aliphatic carbocycles. The molecule has 0 atom stereocenters. The smallest absolute Gasteiger partial charge is 0.0233 e. The topological polar surface area (TPSA) is 15.3 Å². The molecule has 1 N–H and O–H groups in total. The maximum Gasteiger partial charge on any atom is 0.0233 e. The molecule has 0 radical (unpaired) electrons. The maximum absolute atomic E-state index is 4.11. The highest BCUT2D eigenvalue weighted by molar-refractivity contribution is 5.48. The molecule has 2 heteroatoms. The average molecular weight is 288 g/mol. The Hall–Kier alpha value is -1.38. The Kier molecular flexibility index (Phi) is 10.6. The van der Waals surface area contributed by atoms with Crippen LogP contribution in [0, 0.1) is 0 Å². The highest BCUT2D eigenvalue weighted by Gasteiger charge is 2.06. The van der Waals surface area contributed by atoms with Crippen LogP contribution in [0.1, 0.15) is 27.7 Å². The van der Waals surface area contributed by atoms with Gasteiger partial charge in [0.05, 0.1) is 0 Å². The molecule has 118 valence electrons. The van der Waals surface area contributed by atoms with Crippen LogP contribution in [0.2, 0.25) is 0 Å². The molecule has 0 aliphatic heterocycles. The van der Waals surface area contributed by atoms with E-state index in [1.54, 1.807) is 0 Å². The molecule has 0 unspecified atom stereocenters. The van der Waals surface area contributed by atoms with Crippen molar-refractivity contribution >= 4 is 0 Å². The van der Waals surface area contributed by atoms with Gasteiger partial charge in [-0.05, 0) is 63.7 Å². The summed E-state index contributed by atoms with van der Waals surface area (Å²) in [5, 5.41) is 3.19. The molecule has 0 aromatic rings. The van der Waals surface area contributed by atoms with Gasteiger partial charge in [0.2, 0.25) is 0 Å². The van der Waals surface area contributed by atoms with Gasteiger partial charge >= 0.3 is 0 Å². The van der Waals surface area contributed by atoms with E-state index in [9.17, 15) is 0 Å². The molecule has 2 nitrogen and oxygen atoms in total. The van der Waals surface area contributed by atoms with Crippen molar-refractivity contribution in [2.45, 2.75) is 27.7 Å². The minimum atomic E-state index is 0.863. The first-order valence-electron chi connectivity index (χ1n) is 7.69. The normalized spacial score (nSPS) is 14.3. The van der Waals surface area contributed by atoms with Gasteiger partial charge in [-0.3, -0.25) is 0 Å². The van der Waals surface area contributed by atoms with Crippen LogP contribution in [0.15, 0.2) is 59.3 Å². The minimum Gasteiger partial charge on any atom is -0.316 e. The second kappa shape index (κ2) is 11.3. The number of hydrogen-bond acceptors (Lipinski definition) is 2. The maximum atomic E-state index is 4.11. The van der Waals surface area contributed by atoms with E-state index < -0.39 is 0 Å². The molecule has 0 aromatic carbocycles. The van der Waals surface area contributed by atoms with Crippen molar-refractivity contribution in [3.8, 4) is 0 Å². The summed E-state index contributed by atoms with van der Waals surface area (Å²) in [7, 11) is 4.12. The molecule has 0 spiro atoms. The van der Waals surface area contributed by atoms with Gasteiger partial charge in [-0.2, -0.15) is 0 Å². The summed E-state index contributed by atoms with van der Waals surface area (Å²) >= 11 is 0. The van der Waals surface area contributed by atoms with Crippen molar-refractivity contribution in [1.82, 2.24) is 10.2 Å². The monoisotopic (exact) mass is 288 g/mol. The van der Waals surface area contributed by atoms with E-state index in [2.05, 4.69) is 68.9 Å². The van der Waals surface area contributed by atoms with Crippen molar-refractivity contribution in [2.24, 2.45) is 0 Å². The van der Waals surface area contributed by atoms with Gasteiger partial charge in [-0.15, -0.1) is 0 Å². The summed E-state index contributed by atoms with van der Waals surface area (Å²) in [6, 6.07) is 0. The summed E-state index contributed by atoms with van der Waals surface area (Å²) in [6.45, 7) is 15.4. The highest BCUT2D eigenvalue weighted by Crippen LogP contribution is 2.18. The van der Waals surface area contributed by atoms with E-state index in [1.807, 2.05) is 20.0 Å². The Labute approximate surface area is 131 Å². The highest BCUT2D eigenvalue weighted by atomic mass is 15.1. The van der Waals surface area contributed by atoms with Crippen LogP contribution in [0.4, 0.5) is 0 Å². The standard InChI is InChI=1S/C19H32N2/c1-8-11-16(4)17(5)14-19(12-13-20-6)18(9-2)15-21(7)10-3/h8-9,11-12,14,20H,4,10,13,15H2,1-3,5-7H3/b11-8-,17-14-,18-9+,19-12+. The average Bonchev–Trinajstić information content (AvgIpc) is 2.48. The third-order valence-electron chi connectivity index (χ3n) is 3.47. The van der Waals surface area contributed by atoms with Crippen molar-refractivity contribution in [1.29, 1.82) is 0 Å². The fourth-order valence-corrected chi connectivity index (χ4v) is 1.91. The zero-order valence-electron chi connectivity index (χ0n) is 14.7. The molecule has 0 saturated carbocycles. The third kappa shape index (κ3) is 7.84. The van der Waals surface area contributed by atoms with E-state index in [-0.39, 0.29) is 0 Å². The Morgan fingerprint density at radius 1 is 1.29 bits per heavy atom. The molecule has 0 amide bonds. The van der Waals surface area contributed by atoms with Crippen LogP contribution in [-0.2, 0) is 0 Å². The first-order valence-corrected chi connectivity index (χ1v) is 7.69. The number of hydrogen-bond donors (Lipinski definition) is 1. The summed E-state index contributed by atoms with van der Waals surface area (Å²) < 4.78 is 0. The van der Waals surface area contributed by atoms with Crippen LogP contribution in [0.25, 0.3) is 0 Å². The van der Waals surface area contributed by atoms with Gasteiger partial charge in [0, 0.05) is 13.1 Å². The molecule has 21 heavy (non-hydrogen) atoms. The molecule has 0 rings (SSSR count). The van der Waals surface area contributed by atoms with Gasteiger partial charge in [0.25, 0.3) is 0 Å². The van der Waals surface area contributed by atoms with Gasteiger partial charge in [0.1, 0.15) is 0 Å². The number of nitrogens with one attached hydrogen (secondary N) is 1. The number of nitrogens with zero attached hydrogens (tertiary/aromatic N) is 1. The second-order valence-corrected chi connectivity index (χ2v) is 5.21. The SMILES string of the molecule is C=C(/C=C\C)\C(C)=C/C(=C\CNC)C(=C/C)/CN(C)CC. The molecular weight excluding hydrogens is 256 g/mol. The van der Waals surface area contributed by atoms with Crippen LogP contribution in [0.5, 0.6) is 0 Å². The lowest BCUT2D eigenvalue weighted by Crippen LogP contribution is -2.21. The molecule has 0 heterocycles. The van der Waals surface area contributed by atoms with Crippen molar-refractivity contribution < 1.29 is 0 Å². The zero-order chi connectivity index (χ0) is 16.3. The minimum absolute atomic E-state index is 0.863. The Morgan fingerprint density at radius 3 is 2.43 bits per heavy atom. The van der Waals surface area contributed by atoms with E-state index in [4.69, 9.17) is 0 Å². The van der Waals surface area contributed by atoms with E-state index in [0.29, 0.717) is 0 Å². The van der Waals surface area contributed by atoms with E-state index in [0.717, 1.165) is 25.2 Å². The first-order chi connectivity index (χ1) is 9.99. The molecule has 0 bridgehead atoms. The quantitative estimate of drug-likeness (QED) is 0.642. The summed E-state index contributed by atoms with van der Waals surface area (Å²) in [6.07, 6.45) is 10.8. The number of likely N-dealkylation sites (N-methyl/N-ethyl adjacent to an activating group) is 2. The van der Waals surface area contributed by atoms with Gasteiger partial charge in [-0.1, -0.05) is 43.9 Å². The molecule has 0 aliphatic rings. The predicted molar refractivity (Wildman–Crippen MR) is 96.6 cm³/mol.